The van der Waals surface area contributed by atoms with Crippen molar-refractivity contribution in [1.29, 1.82) is 5.26 Å². The van der Waals surface area contributed by atoms with Gasteiger partial charge in [-0.25, -0.2) is 12.7 Å². The maximum Gasteiger partial charge on any atom is 0.251 e. The van der Waals surface area contributed by atoms with E-state index in [-0.39, 0.29) is 11.9 Å². The Kier molecular flexibility index (Phi) is 4.60. The molecule has 0 unspecified atom stereocenters. The molecule has 1 aromatic carbocycles. The first kappa shape index (κ1) is 15.5. The molecule has 0 saturated carbocycles. The molecular formula is C14H17N3O3S. The Bertz CT molecular complexity index is 654. The fraction of sp³-hybridized carbons (Fsp3) is 0.429. The second-order valence-electron chi connectivity index (χ2n) is 5.10. The smallest absolute Gasteiger partial charge is 0.251 e. The van der Waals surface area contributed by atoms with Crippen molar-refractivity contribution in [3.05, 3.63) is 35.4 Å². The van der Waals surface area contributed by atoms with Gasteiger partial charge in [-0.1, -0.05) is 0 Å². The van der Waals surface area contributed by atoms with Crippen LogP contribution in [0.25, 0.3) is 0 Å². The summed E-state index contributed by atoms with van der Waals surface area (Å²) in [5.41, 5.74) is 1.01. The first-order valence-corrected chi connectivity index (χ1v) is 8.51. The van der Waals surface area contributed by atoms with Gasteiger partial charge in [0.25, 0.3) is 5.91 Å². The number of benzene rings is 1. The summed E-state index contributed by atoms with van der Waals surface area (Å²) >= 11 is 0. The minimum atomic E-state index is -3.15. The van der Waals surface area contributed by atoms with Gasteiger partial charge in [-0.2, -0.15) is 5.26 Å². The summed E-state index contributed by atoms with van der Waals surface area (Å²) in [6.07, 6.45) is 2.41. The van der Waals surface area contributed by atoms with Gasteiger partial charge in [0.05, 0.1) is 17.9 Å². The van der Waals surface area contributed by atoms with Crippen LogP contribution in [0.2, 0.25) is 0 Å². The molecule has 1 saturated heterocycles. The van der Waals surface area contributed by atoms with E-state index in [4.69, 9.17) is 5.26 Å². The SMILES string of the molecule is CS(=O)(=O)N1CCC(NC(=O)c2ccc(C#N)cc2)CC1. The van der Waals surface area contributed by atoms with Gasteiger partial charge in [0.15, 0.2) is 0 Å². The topological polar surface area (TPSA) is 90.3 Å². The molecule has 0 radical (unpaired) electrons. The molecule has 1 heterocycles. The average molecular weight is 307 g/mol. The Morgan fingerprint density at radius 1 is 1.29 bits per heavy atom. The predicted octanol–water partition coefficient (Wildman–Crippen LogP) is 0.712. The van der Waals surface area contributed by atoms with Crippen LogP contribution in [0.1, 0.15) is 28.8 Å². The van der Waals surface area contributed by atoms with Gasteiger partial charge in [-0.15, -0.1) is 0 Å². The third kappa shape index (κ3) is 4.03. The zero-order valence-electron chi connectivity index (χ0n) is 11.7. The van der Waals surface area contributed by atoms with Crippen molar-refractivity contribution < 1.29 is 13.2 Å². The first-order valence-electron chi connectivity index (χ1n) is 6.66. The maximum absolute atomic E-state index is 12.1. The van der Waals surface area contributed by atoms with Crippen LogP contribution < -0.4 is 5.32 Å². The molecule has 2 rings (SSSR count). The molecule has 0 aliphatic carbocycles. The monoisotopic (exact) mass is 307 g/mol. The second-order valence-corrected chi connectivity index (χ2v) is 7.08. The Morgan fingerprint density at radius 2 is 1.86 bits per heavy atom. The molecule has 1 fully saturated rings. The maximum atomic E-state index is 12.1. The standard InChI is InChI=1S/C14H17N3O3S/c1-21(19,20)17-8-6-13(7-9-17)16-14(18)12-4-2-11(10-15)3-5-12/h2-5,13H,6-9H2,1H3,(H,16,18). The second kappa shape index (κ2) is 6.24. The zero-order chi connectivity index (χ0) is 15.5. The van der Waals surface area contributed by atoms with E-state index < -0.39 is 10.0 Å². The highest BCUT2D eigenvalue weighted by Crippen LogP contribution is 2.14. The number of carbonyl (C=O) groups excluding carboxylic acids is 1. The van der Waals surface area contributed by atoms with Crippen LogP contribution in [-0.2, 0) is 10.0 Å². The average Bonchev–Trinajstić information content (AvgIpc) is 2.47. The lowest BCUT2D eigenvalue weighted by Gasteiger charge is -2.30. The molecule has 6 nitrogen and oxygen atoms in total. The van der Waals surface area contributed by atoms with Crippen LogP contribution in [0.5, 0.6) is 0 Å². The van der Waals surface area contributed by atoms with Crippen molar-refractivity contribution in [1.82, 2.24) is 9.62 Å². The van der Waals surface area contributed by atoms with Crippen molar-refractivity contribution in [2.24, 2.45) is 0 Å². The molecule has 1 amide bonds. The fourth-order valence-electron chi connectivity index (χ4n) is 2.30. The quantitative estimate of drug-likeness (QED) is 0.890. The van der Waals surface area contributed by atoms with E-state index in [2.05, 4.69) is 5.32 Å². The third-order valence-electron chi connectivity index (χ3n) is 3.53. The van der Waals surface area contributed by atoms with E-state index in [1.54, 1.807) is 24.3 Å². The van der Waals surface area contributed by atoms with E-state index in [9.17, 15) is 13.2 Å². The van der Waals surface area contributed by atoms with Crippen molar-refractivity contribution in [2.75, 3.05) is 19.3 Å². The largest absolute Gasteiger partial charge is 0.349 e. The number of rotatable bonds is 3. The molecule has 0 spiro atoms. The number of nitrogens with zero attached hydrogens (tertiary/aromatic N) is 2. The number of hydrogen-bond acceptors (Lipinski definition) is 4. The van der Waals surface area contributed by atoms with Gasteiger partial charge >= 0.3 is 0 Å². The van der Waals surface area contributed by atoms with Crippen molar-refractivity contribution in [3.8, 4) is 6.07 Å². The lowest BCUT2D eigenvalue weighted by molar-refractivity contribution is 0.0924. The number of carbonyl (C=O) groups is 1. The minimum Gasteiger partial charge on any atom is -0.349 e. The number of sulfonamides is 1. The summed E-state index contributed by atoms with van der Waals surface area (Å²) in [6.45, 7) is 0.855. The Labute approximate surface area is 124 Å². The first-order chi connectivity index (χ1) is 9.90. The van der Waals surface area contributed by atoms with Crippen LogP contribution in [0, 0.1) is 11.3 Å². The third-order valence-corrected chi connectivity index (χ3v) is 4.84. The van der Waals surface area contributed by atoms with Gasteiger partial charge in [0.1, 0.15) is 0 Å². The molecule has 7 heteroatoms. The van der Waals surface area contributed by atoms with E-state index in [1.807, 2.05) is 6.07 Å². The Balaban J connectivity index is 1.91. The molecule has 1 aromatic rings. The van der Waals surface area contributed by atoms with Crippen LogP contribution in [0.15, 0.2) is 24.3 Å². The Hall–Kier alpha value is -1.91. The van der Waals surface area contributed by atoms with E-state index in [0.717, 1.165) is 0 Å². The molecule has 1 aliphatic heterocycles. The summed E-state index contributed by atoms with van der Waals surface area (Å²) in [7, 11) is -3.15. The molecule has 1 aliphatic rings. The molecule has 1 N–H and O–H groups in total. The zero-order valence-corrected chi connectivity index (χ0v) is 12.6. The minimum absolute atomic E-state index is 0.0221. The highest BCUT2D eigenvalue weighted by molar-refractivity contribution is 7.88. The van der Waals surface area contributed by atoms with Gasteiger partial charge < -0.3 is 5.32 Å². The Morgan fingerprint density at radius 3 is 2.33 bits per heavy atom. The van der Waals surface area contributed by atoms with Crippen molar-refractivity contribution >= 4 is 15.9 Å². The van der Waals surface area contributed by atoms with Crippen molar-refractivity contribution in [3.63, 3.8) is 0 Å². The molecule has 0 aromatic heterocycles. The predicted molar refractivity (Wildman–Crippen MR) is 78.1 cm³/mol. The van der Waals surface area contributed by atoms with Gasteiger partial charge in [-0.3, -0.25) is 4.79 Å². The summed E-state index contributed by atoms with van der Waals surface area (Å²) in [5.74, 6) is -0.197. The van der Waals surface area contributed by atoms with Gasteiger partial charge in [0, 0.05) is 24.7 Å². The summed E-state index contributed by atoms with van der Waals surface area (Å²) in [5, 5.41) is 11.6. The highest BCUT2D eigenvalue weighted by Gasteiger charge is 2.25. The van der Waals surface area contributed by atoms with E-state index in [0.29, 0.717) is 37.1 Å². The molecule has 0 atom stereocenters. The summed E-state index contributed by atoms with van der Waals surface area (Å²) in [4.78, 5) is 12.1. The molecule has 112 valence electrons. The molecule has 0 bridgehead atoms. The summed E-state index contributed by atoms with van der Waals surface area (Å²) < 4.78 is 24.2. The van der Waals surface area contributed by atoms with E-state index >= 15 is 0 Å². The molecule has 21 heavy (non-hydrogen) atoms. The number of amides is 1. The summed E-state index contributed by atoms with van der Waals surface area (Å²) in [6, 6.07) is 8.40. The fourth-order valence-corrected chi connectivity index (χ4v) is 3.17. The normalized spacial score (nSPS) is 17.1. The number of nitrogens with one attached hydrogen (secondary N) is 1. The van der Waals surface area contributed by atoms with Crippen LogP contribution in [0.4, 0.5) is 0 Å². The van der Waals surface area contributed by atoms with Gasteiger partial charge in [-0.05, 0) is 37.1 Å². The molecular weight excluding hydrogens is 290 g/mol. The number of nitriles is 1. The highest BCUT2D eigenvalue weighted by atomic mass is 32.2. The van der Waals surface area contributed by atoms with Crippen LogP contribution in [-0.4, -0.2) is 44.0 Å². The van der Waals surface area contributed by atoms with E-state index in [1.165, 1.54) is 10.6 Å². The number of piperidine rings is 1. The van der Waals surface area contributed by atoms with Gasteiger partial charge in [0.2, 0.25) is 10.0 Å². The number of hydrogen-bond donors (Lipinski definition) is 1. The van der Waals surface area contributed by atoms with Crippen LogP contribution in [0.3, 0.4) is 0 Å². The lowest BCUT2D eigenvalue weighted by Crippen LogP contribution is -2.46. The van der Waals surface area contributed by atoms with Crippen LogP contribution >= 0.6 is 0 Å². The lowest BCUT2D eigenvalue weighted by atomic mass is 10.1. The van der Waals surface area contributed by atoms with Crippen molar-refractivity contribution in [2.45, 2.75) is 18.9 Å².